The Balaban J connectivity index is 4.16. The Labute approximate surface area is 319 Å². The van der Waals surface area contributed by atoms with Crippen molar-refractivity contribution in [1.82, 2.24) is 0 Å². The van der Waals surface area contributed by atoms with E-state index >= 15 is 0 Å². The summed E-state index contributed by atoms with van der Waals surface area (Å²) in [5.74, 6) is -0.838. The van der Waals surface area contributed by atoms with E-state index in [4.69, 9.17) is 24.3 Å². The SMILES string of the molecule is CCCCC/C=C\C/C=C\CCCCCCCC(=O)O[C@H](COC(=O)CCCCCCCCCCCCCCCCCC)COP(=O)(O)OCCN. The summed E-state index contributed by atoms with van der Waals surface area (Å²) in [6.07, 6.45) is 40.6. The molecule has 1 unspecified atom stereocenters. The van der Waals surface area contributed by atoms with Crippen LogP contribution >= 0.6 is 7.82 Å². The molecule has 3 N–H and O–H groups in total. The fourth-order valence-electron chi connectivity index (χ4n) is 5.90. The van der Waals surface area contributed by atoms with Crippen LogP contribution in [0.25, 0.3) is 0 Å². The lowest BCUT2D eigenvalue weighted by Gasteiger charge is -2.19. The number of carbonyl (C=O) groups excluding carboxylic acids is 2. The monoisotopic (exact) mass is 758 g/mol. The van der Waals surface area contributed by atoms with Crippen LogP contribution in [-0.4, -0.2) is 49.3 Å². The Morgan fingerprint density at radius 1 is 0.577 bits per heavy atom. The smallest absolute Gasteiger partial charge is 0.462 e. The van der Waals surface area contributed by atoms with E-state index < -0.39 is 26.5 Å². The minimum atomic E-state index is -4.37. The van der Waals surface area contributed by atoms with Gasteiger partial charge < -0.3 is 20.1 Å². The van der Waals surface area contributed by atoms with Gasteiger partial charge >= 0.3 is 19.8 Å². The number of nitrogens with two attached hydrogens (primary N) is 1. The molecule has 0 heterocycles. The molecular weight excluding hydrogens is 677 g/mol. The minimum Gasteiger partial charge on any atom is -0.462 e. The number of hydrogen-bond acceptors (Lipinski definition) is 8. The molecule has 0 aromatic carbocycles. The zero-order valence-electron chi connectivity index (χ0n) is 33.6. The van der Waals surface area contributed by atoms with Gasteiger partial charge in [0.2, 0.25) is 0 Å². The first kappa shape index (κ1) is 50.5. The van der Waals surface area contributed by atoms with Crippen LogP contribution in [0.15, 0.2) is 24.3 Å². The molecule has 0 aliphatic rings. The molecule has 0 amide bonds. The molecule has 0 aromatic heterocycles. The lowest BCUT2D eigenvalue weighted by Crippen LogP contribution is -2.29. The number of rotatable bonds is 40. The van der Waals surface area contributed by atoms with Gasteiger partial charge in [-0.05, 0) is 44.9 Å². The number of phosphoric acid groups is 1. The summed E-state index contributed by atoms with van der Waals surface area (Å²) < 4.78 is 32.7. The van der Waals surface area contributed by atoms with Gasteiger partial charge in [0.05, 0.1) is 13.2 Å². The van der Waals surface area contributed by atoms with E-state index in [0.29, 0.717) is 6.42 Å². The fraction of sp³-hybridized carbons (Fsp3) is 0.857. The van der Waals surface area contributed by atoms with Crippen LogP contribution in [0.2, 0.25) is 0 Å². The predicted octanol–water partition coefficient (Wildman–Crippen LogP) is 12.0. The third kappa shape index (κ3) is 38.2. The average molecular weight is 758 g/mol. The van der Waals surface area contributed by atoms with Gasteiger partial charge in [0, 0.05) is 19.4 Å². The summed E-state index contributed by atoms with van der Waals surface area (Å²) >= 11 is 0. The van der Waals surface area contributed by atoms with Crippen molar-refractivity contribution in [3.8, 4) is 0 Å². The van der Waals surface area contributed by atoms with E-state index in [1.54, 1.807) is 0 Å². The Morgan fingerprint density at radius 3 is 1.50 bits per heavy atom. The van der Waals surface area contributed by atoms with Crippen molar-refractivity contribution < 1.29 is 37.6 Å². The first-order chi connectivity index (χ1) is 25.3. The largest absolute Gasteiger partial charge is 0.472 e. The van der Waals surface area contributed by atoms with Crippen molar-refractivity contribution in [3.05, 3.63) is 24.3 Å². The molecule has 52 heavy (non-hydrogen) atoms. The maximum Gasteiger partial charge on any atom is 0.472 e. The van der Waals surface area contributed by atoms with Crippen LogP contribution in [0, 0.1) is 0 Å². The molecule has 9 nitrogen and oxygen atoms in total. The molecule has 2 atom stereocenters. The highest BCUT2D eigenvalue weighted by Crippen LogP contribution is 2.43. The van der Waals surface area contributed by atoms with Crippen LogP contribution in [-0.2, 0) is 32.7 Å². The highest BCUT2D eigenvalue weighted by molar-refractivity contribution is 7.47. The van der Waals surface area contributed by atoms with E-state index in [2.05, 4.69) is 38.2 Å². The minimum absolute atomic E-state index is 0.0524. The maximum absolute atomic E-state index is 12.6. The van der Waals surface area contributed by atoms with Gasteiger partial charge in [-0.25, -0.2) is 4.57 Å². The highest BCUT2D eigenvalue weighted by Gasteiger charge is 2.26. The number of hydrogen-bond donors (Lipinski definition) is 2. The lowest BCUT2D eigenvalue weighted by molar-refractivity contribution is -0.161. The Morgan fingerprint density at radius 2 is 1.00 bits per heavy atom. The van der Waals surface area contributed by atoms with E-state index in [1.165, 1.54) is 109 Å². The second-order valence-corrected chi connectivity index (χ2v) is 15.7. The molecule has 0 saturated heterocycles. The van der Waals surface area contributed by atoms with Crippen molar-refractivity contribution in [2.75, 3.05) is 26.4 Å². The molecule has 0 aliphatic carbocycles. The van der Waals surface area contributed by atoms with Gasteiger partial charge in [-0.15, -0.1) is 0 Å². The molecule has 0 radical (unpaired) electrons. The fourth-order valence-corrected chi connectivity index (χ4v) is 6.67. The van der Waals surface area contributed by atoms with Crippen molar-refractivity contribution in [3.63, 3.8) is 0 Å². The van der Waals surface area contributed by atoms with Gasteiger partial charge in [0.25, 0.3) is 0 Å². The normalized spacial score (nSPS) is 13.5. The third-order valence-electron chi connectivity index (χ3n) is 9.09. The molecule has 0 aliphatic heterocycles. The van der Waals surface area contributed by atoms with Crippen molar-refractivity contribution in [2.45, 2.75) is 206 Å². The number of esters is 2. The molecule has 0 bridgehead atoms. The maximum atomic E-state index is 12.6. The lowest BCUT2D eigenvalue weighted by atomic mass is 10.0. The van der Waals surface area contributed by atoms with Gasteiger partial charge in [-0.2, -0.15) is 0 Å². The Hall–Kier alpha value is -1.51. The molecule has 0 fully saturated rings. The van der Waals surface area contributed by atoms with Crippen molar-refractivity contribution >= 4 is 19.8 Å². The zero-order chi connectivity index (χ0) is 38.2. The zero-order valence-corrected chi connectivity index (χ0v) is 34.4. The van der Waals surface area contributed by atoms with Crippen molar-refractivity contribution in [2.24, 2.45) is 5.73 Å². The van der Waals surface area contributed by atoms with Crippen LogP contribution in [0.5, 0.6) is 0 Å². The summed E-state index contributed by atoms with van der Waals surface area (Å²) in [5.41, 5.74) is 5.34. The second-order valence-electron chi connectivity index (χ2n) is 14.2. The molecule has 0 saturated carbocycles. The van der Waals surface area contributed by atoms with Crippen molar-refractivity contribution in [1.29, 1.82) is 0 Å². The van der Waals surface area contributed by atoms with Gasteiger partial charge in [0.1, 0.15) is 6.61 Å². The number of unbranched alkanes of at least 4 members (excludes halogenated alkanes) is 23. The Kier molecular flexibility index (Phi) is 38.1. The summed E-state index contributed by atoms with van der Waals surface area (Å²) in [6, 6.07) is 0. The van der Waals surface area contributed by atoms with Gasteiger partial charge in [-0.1, -0.05) is 167 Å². The van der Waals surface area contributed by atoms with Gasteiger partial charge in [0.15, 0.2) is 6.10 Å². The van der Waals surface area contributed by atoms with E-state index in [1.807, 2.05) is 0 Å². The quantitative estimate of drug-likeness (QED) is 0.0271. The Bertz CT molecular complexity index is 912. The predicted molar refractivity (Wildman–Crippen MR) is 215 cm³/mol. The molecule has 0 rings (SSSR count). The van der Waals surface area contributed by atoms with Crippen LogP contribution in [0.4, 0.5) is 0 Å². The molecule has 306 valence electrons. The van der Waals surface area contributed by atoms with E-state index in [0.717, 1.165) is 57.8 Å². The molecule has 0 aromatic rings. The molecule has 10 heteroatoms. The van der Waals surface area contributed by atoms with E-state index in [-0.39, 0.29) is 38.6 Å². The topological polar surface area (TPSA) is 134 Å². The number of phosphoric ester groups is 1. The summed E-state index contributed by atoms with van der Waals surface area (Å²) in [7, 11) is -4.37. The first-order valence-electron chi connectivity index (χ1n) is 21.3. The van der Waals surface area contributed by atoms with Crippen LogP contribution < -0.4 is 5.73 Å². The number of ether oxygens (including phenoxy) is 2. The highest BCUT2D eigenvalue weighted by atomic mass is 31.2. The van der Waals surface area contributed by atoms with Crippen LogP contribution in [0.3, 0.4) is 0 Å². The summed E-state index contributed by atoms with van der Waals surface area (Å²) in [4.78, 5) is 34.8. The third-order valence-corrected chi connectivity index (χ3v) is 10.1. The average Bonchev–Trinajstić information content (AvgIpc) is 3.13. The molecule has 0 spiro atoms. The first-order valence-corrected chi connectivity index (χ1v) is 22.8. The second kappa shape index (κ2) is 39.2. The summed E-state index contributed by atoms with van der Waals surface area (Å²) in [6.45, 7) is 3.70. The number of carbonyl (C=O) groups is 2. The van der Waals surface area contributed by atoms with Crippen LogP contribution in [0.1, 0.15) is 200 Å². The van der Waals surface area contributed by atoms with Gasteiger partial charge in [-0.3, -0.25) is 18.6 Å². The standard InChI is InChI=1S/C42H80NO8P/c1-3-5-7-9-11-13-15-17-19-21-22-24-26-28-30-32-34-41(44)48-38-40(39-50-52(46,47)49-37-36-43)51-42(45)35-33-31-29-27-25-23-20-18-16-14-12-10-8-6-4-2/h12,14,18,20,40H,3-11,13,15-17,19,21-39,43H2,1-2H3,(H,46,47)/b14-12-,20-18-/t40-/m1/s1. The molecular formula is C42H80NO8P. The van der Waals surface area contributed by atoms with E-state index in [9.17, 15) is 19.0 Å². The number of allylic oxidation sites excluding steroid dienone is 4. The summed E-state index contributed by atoms with van der Waals surface area (Å²) in [5, 5.41) is 0.